The zero-order chi connectivity index (χ0) is 14.1. The van der Waals surface area contributed by atoms with Gasteiger partial charge < -0.3 is 9.53 Å². The van der Waals surface area contributed by atoms with Gasteiger partial charge in [0.1, 0.15) is 5.56 Å². The largest absolute Gasteiger partial charge is 0.541 e. The van der Waals surface area contributed by atoms with Crippen LogP contribution in [0, 0.1) is 5.82 Å². The van der Waals surface area contributed by atoms with Crippen LogP contribution in [0.25, 0.3) is 0 Å². The molecule has 0 heterocycles. The van der Waals surface area contributed by atoms with Crippen molar-refractivity contribution in [3.63, 3.8) is 0 Å². The van der Waals surface area contributed by atoms with E-state index in [1.807, 2.05) is 33.9 Å². The summed E-state index contributed by atoms with van der Waals surface area (Å²) in [5.74, 6) is -1.94. The van der Waals surface area contributed by atoms with Crippen molar-refractivity contribution in [2.45, 2.75) is 38.9 Å². The second-order valence-electron chi connectivity index (χ2n) is 5.78. The van der Waals surface area contributed by atoms with Gasteiger partial charge in [-0.1, -0.05) is 26.8 Å². The number of para-hydroxylation sites is 1. The van der Waals surface area contributed by atoms with Crippen LogP contribution < -0.4 is 4.43 Å². The Balaban J connectivity index is 3.23. The number of halogens is 1. The van der Waals surface area contributed by atoms with Gasteiger partial charge in [-0.3, -0.25) is 0 Å². The van der Waals surface area contributed by atoms with Crippen LogP contribution in [-0.4, -0.2) is 19.4 Å². The average molecular weight is 270 g/mol. The van der Waals surface area contributed by atoms with Gasteiger partial charge in [0.15, 0.2) is 11.6 Å². The predicted molar refractivity (Wildman–Crippen MR) is 71.2 cm³/mol. The van der Waals surface area contributed by atoms with Crippen LogP contribution in [0.4, 0.5) is 4.39 Å². The lowest BCUT2D eigenvalue weighted by atomic mass is 10.2. The van der Waals surface area contributed by atoms with Crippen molar-refractivity contribution >= 4 is 14.3 Å². The van der Waals surface area contributed by atoms with Crippen LogP contribution in [0.2, 0.25) is 18.1 Å². The number of rotatable bonds is 3. The van der Waals surface area contributed by atoms with Crippen molar-refractivity contribution in [2.24, 2.45) is 0 Å². The predicted octanol–water partition coefficient (Wildman–Crippen LogP) is 3.91. The number of benzene rings is 1. The summed E-state index contributed by atoms with van der Waals surface area (Å²) in [6, 6.07) is 3.94. The molecular weight excluding hydrogens is 251 g/mol. The van der Waals surface area contributed by atoms with Crippen molar-refractivity contribution in [1.82, 2.24) is 0 Å². The Bertz CT molecular complexity index is 464. The highest BCUT2D eigenvalue weighted by Gasteiger charge is 2.40. The van der Waals surface area contributed by atoms with Crippen molar-refractivity contribution < 1.29 is 18.7 Å². The van der Waals surface area contributed by atoms with E-state index in [9.17, 15) is 9.18 Å². The van der Waals surface area contributed by atoms with Gasteiger partial charge in [0.05, 0.1) is 0 Å². The second-order valence-corrected chi connectivity index (χ2v) is 10.5. The first-order valence-electron chi connectivity index (χ1n) is 5.77. The number of carboxylic acid groups (broad SMARTS) is 1. The van der Waals surface area contributed by atoms with Gasteiger partial charge in [-0.25, -0.2) is 9.18 Å². The number of hydrogen-bond donors (Lipinski definition) is 1. The van der Waals surface area contributed by atoms with E-state index in [1.165, 1.54) is 18.2 Å². The maximum atomic E-state index is 13.8. The van der Waals surface area contributed by atoms with Crippen molar-refractivity contribution in [3.05, 3.63) is 29.6 Å². The summed E-state index contributed by atoms with van der Waals surface area (Å²) in [5.41, 5.74) is -0.125. The Labute approximate surface area is 108 Å². The molecule has 1 N–H and O–H groups in total. The van der Waals surface area contributed by atoms with Gasteiger partial charge in [0.2, 0.25) is 0 Å². The fourth-order valence-electron chi connectivity index (χ4n) is 1.19. The molecule has 100 valence electrons. The second kappa shape index (κ2) is 4.72. The summed E-state index contributed by atoms with van der Waals surface area (Å²) in [5, 5.41) is 8.94. The summed E-state index contributed by atoms with van der Waals surface area (Å²) in [6.45, 7) is 9.94. The van der Waals surface area contributed by atoms with Gasteiger partial charge in [0, 0.05) is 0 Å². The van der Waals surface area contributed by atoms with Crippen LogP contribution in [-0.2, 0) is 0 Å². The quantitative estimate of drug-likeness (QED) is 0.847. The molecule has 0 saturated carbocycles. The molecule has 5 heteroatoms. The minimum Gasteiger partial charge on any atom is -0.541 e. The van der Waals surface area contributed by atoms with E-state index in [2.05, 4.69) is 0 Å². The van der Waals surface area contributed by atoms with Crippen LogP contribution in [0.15, 0.2) is 18.2 Å². The molecule has 3 nitrogen and oxygen atoms in total. The summed E-state index contributed by atoms with van der Waals surface area (Å²) >= 11 is 0. The highest BCUT2D eigenvalue weighted by Crippen LogP contribution is 2.38. The van der Waals surface area contributed by atoms with E-state index in [4.69, 9.17) is 9.53 Å². The van der Waals surface area contributed by atoms with Gasteiger partial charge in [-0.05, 0) is 30.3 Å². The summed E-state index contributed by atoms with van der Waals surface area (Å²) < 4.78 is 19.5. The van der Waals surface area contributed by atoms with Gasteiger partial charge >= 0.3 is 5.97 Å². The Hall–Kier alpha value is -1.36. The van der Waals surface area contributed by atoms with E-state index in [1.54, 1.807) is 0 Å². The normalized spacial score (nSPS) is 12.3. The lowest BCUT2D eigenvalue weighted by Crippen LogP contribution is -2.44. The Morgan fingerprint density at radius 3 is 2.33 bits per heavy atom. The van der Waals surface area contributed by atoms with Crippen molar-refractivity contribution in [1.29, 1.82) is 0 Å². The van der Waals surface area contributed by atoms with E-state index in [-0.39, 0.29) is 16.4 Å². The molecule has 0 fully saturated rings. The third-order valence-electron chi connectivity index (χ3n) is 3.36. The van der Waals surface area contributed by atoms with Crippen LogP contribution in [0.1, 0.15) is 31.1 Å². The van der Waals surface area contributed by atoms with E-state index >= 15 is 0 Å². The smallest absolute Gasteiger partial charge is 0.339 e. The molecule has 0 aromatic heterocycles. The van der Waals surface area contributed by atoms with Crippen LogP contribution >= 0.6 is 0 Å². The highest BCUT2D eigenvalue weighted by atomic mass is 28.4. The fraction of sp³-hybridized carbons (Fsp3) is 0.462. The van der Waals surface area contributed by atoms with Gasteiger partial charge in [0.25, 0.3) is 8.32 Å². The van der Waals surface area contributed by atoms with E-state index in [0.29, 0.717) is 0 Å². The minimum atomic E-state index is -2.26. The molecule has 0 atom stereocenters. The first-order chi connectivity index (χ1) is 8.06. The van der Waals surface area contributed by atoms with Gasteiger partial charge in [-0.15, -0.1) is 0 Å². The summed E-state index contributed by atoms with van der Waals surface area (Å²) in [7, 11) is -2.26. The molecule has 0 unspecified atom stereocenters. The molecule has 0 saturated heterocycles. The summed E-state index contributed by atoms with van der Waals surface area (Å²) in [4.78, 5) is 11.1. The molecule has 18 heavy (non-hydrogen) atoms. The monoisotopic (exact) mass is 270 g/mol. The zero-order valence-electron chi connectivity index (χ0n) is 11.4. The first-order valence-corrected chi connectivity index (χ1v) is 8.68. The minimum absolute atomic E-state index is 0.120. The Morgan fingerprint density at radius 2 is 1.89 bits per heavy atom. The fourth-order valence-corrected chi connectivity index (χ4v) is 2.21. The summed E-state index contributed by atoms with van der Waals surface area (Å²) in [6.07, 6.45) is 0. The topological polar surface area (TPSA) is 46.5 Å². The Morgan fingerprint density at radius 1 is 1.33 bits per heavy atom. The molecule has 0 aliphatic rings. The third kappa shape index (κ3) is 2.90. The zero-order valence-corrected chi connectivity index (χ0v) is 12.4. The highest BCUT2D eigenvalue weighted by molar-refractivity contribution is 6.74. The number of carboxylic acids is 1. The van der Waals surface area contributed by atoms with E-state index < -0.39 is 20.1 Å². The molecular formula is C13H19FO3Si. The molecule has 0 aliphatic heterocycles. The standard InChI is InChI=1S/C13H19FO3Si/c1-13(2,3)18(4,5)17-11-9(12(15)16)7-6-8-10(11)14/h6-8H,1-5H3,(H,15,16). The van der Waals surface area contributed by atoms with Crippen LogP contribution in [0.3, 0.4) is 0 Å². The lowest BCUT2D eigenvalue weighted by molar-refractivity contribution is 0.0694. The van der Waals surface area contributed by atoms with Crippen LogP contribution in [0.5, 0.6) is 5.75 Å². The van der Waals surface area contributed by atoms with Crippen molar-refractivity contribution in [2.75, 3.05) is 0 Å². The number of hydrogen-bond acceptors (Lipinski definition) is 2. The van der Waals surface area contributed by atoms with E-state index in [0.717, 1.165) is 0 Å². The molecule has 0 spiro atoms. The molecule has 0 radical (unpaired) electrons. The molecule has 0 bridgehead atoms. The first kappa shape index (κ1) is 14.7. The molecule has 0 aliphatic carbocycles. The maximum Gasteiger partial charge on any atom is 0.339 e. The molecule has 1 aromatic rings. The third-order valence-corrected chi connectivity index (χ3v) is 7.69. The molecule has 0 amide bonds. The number of aromatic carboxylic acids is 1. The van der Waals surface area contributed by atoms with Gasteiger partial charge in [-0.2, -0.15) is 0 Å². The molecule has 1 rings (SSSR count). The number of carbonyl (C=O) groups is 1. The maximum absolute atomic E-state index is 13.8. The SMILES string of the molecule is CC(C)(C)[Si](C)(C)Oc1c(F)cccc1C(=O)O. The lowest BCUT2D eigenvalue weighted by Gasteiger charge is -2.36. The Kier molecular flexibility index (Phi) is 3.86. The van der Waals surface area contributed by atoms with Crippen molar-refractivity contribution in [3.8, 4) is 5.75 Å². The average Bonchev–Trinajstić information content (AvgIpc) is 2.18. The molecule has 1 aromatic carbocycles.